The summed E-state index contributed by atoms with van der Waals surface area (Å²) in [6.45, 7) is 0.984. The van der Waals surface area contributed by atoms with Crippen molar-refractivity contribution in [2.75, 3.05) is 13.7 Å². The zero-order chi connectivity index (χ0) is 12.5. The van der Waals surface area contributed by atoms with Crippen molar-refractivity contribution in [3.8, 4) is 5.75 Å². The Morgan fingerprint density at radius 2 is 2.44 bits per heavy atom. The van der Waals surface area contributed by atoms with Crippen LogP contribution in [0.25, 0.3) is 5.65 Å². The van der Waals surface area contributed by atoms with Crippen LogP contribution in [0.15, 0.2) is 29.2 Å². The molecule has 0 spiro atoms. The number of ether oxygens (including phenoxy) is 1. The van der Waals surface area contributed by atoms with Crippen LogP contribution in [0.4, 0.5) is 0 Å². The van der Waals surface area contributed by atoms with E-state index in [0.717, 1.165) is 25.1 Å². The summed E-state index contributed by atoms with van der Waals surface area (Å²) in [7, 11) is 1.59. The lowest BCUT2D eigenvalue weighted by Gasteiger charge is -2.11. The molecule has 94 valence electrons. The Hall–Kier alpha value is -1.88. The van der Waals surface area contributed by atoms with E-state index in [1.807, 2.05) is 6.07 Å². The van der Waals surface area contributed by atoms with Crippen molar-refractivity contribution in [2.24, 2.45) is 0 Å². The number of fused-ring (bicyclic) bond motifs is 1. The fraction of sp³-hybridized carbons (Fsp3) is 0.385. The van der Waals surface area contributed by atoms with Crippen LogP contribution in [-0.2, 0) is 0 Å². The van der Waals surface area contributed by atoms with Gasteiger partial charge in [-0.2, -0.15) is 0 Å². The first-order valence-electron chi connectivity index (χ1n) is 6.09. The molecule has 3 rings (SSSR count). The van der Waals surface area contributed by atoms with E-state index >= 15 is 0 Å². The first kappa shape index (κ1) is 11.2. The largest absolute Gasteiger partial charge is 0.493 e. The highest BCUT2D eigenvalue weighted by molar-refractivity contribution is 5.53. The molecular formula is C13H15N3O2. The molecule has 1 unspecified atom stereocenters. The molecular weight excluding hydrogens is 230 g/mol. The molecule has 18 heavy (non-hydrogen) atoms. The van der Waals surface area contributed by atoms with Crippen LogP contribution in [0.5, 0.6) is 5.75 Å². The third-order valence-corrected chi connectivity index (χ3v) is 3.31. The van der Waals surface area contributed by atoms with E-state index in [1.54, 1.807) is 25.4 Å². The summed E-state index contributed by atoms with van der Waals surface area (Å²) in [6.07, 6.45) is 3.86. The van der Waals surface area contributed by atoms with Crippen molar-refractivity contribution in [3.05, 3.63) is 40.4 Å². The van der Waals surface area contributed by atoms with Gasteiger partial charge in [0, 0.05) is 18.3 Å². The van der Waals surface area contributed by atoms with Crippen molar-refractivity contribution in [2.45, 2.75) is 18.9 Å². The average molecular weight is 245 g/mol. The number of hydrogen-bond donors (Lipinski definition) is 1. The second-order valence-corrected chi connectivity index (χ2v) is 4.44. The number of pyridine rings is 1. The van der Waals surface area contributed by atoms with E-state index in [-0.39, 0.29) is 11.6 Å². The van der Waals surface area contributed by atoms with E-state index in [0.29, 0.717) is 11.4 Å². The lowest BCUT2D eigenvalue weighted by molar-refractivity contribution is 0.416. The highest BCUT2D eigenvalue weighted by Crippen LogP contribution is 2.22. The van der Waals surface area contributed by atoms with Gasteiger partial charge in [-0.05, 0) is 31.5 Å². The minimum Gasteiger partial charge on any atom is -0.493 e. The normalized spacial score (nSPS) is 19.3. The standard InChI is InChI=1S/C13H15N3O2/c1-18-11-5-3-7-16-12(17)8-10(15-13(11)16)9-4-2-6-14-9/h3,5,7-9,14H,2,4,6H2,1H3. The van der Waals surface area contributed by atoms with Crippen LogP contribution in [0.1, 0.15) is 24.6 Å². The molecule has 1 atom stereocenters. The van der Waals surface area contributed by atoms with Crippen LogP contribution in [0, 0.1) is 0 Å². The summed E-state index contributed by atoms with van der Waals surface area (Å²) in [4.78, 5) is 16.6. The van der Waals surface area contributed by atoms with Gasteiger partial charge < -0.3 is 10.1 Å². The first-order chi connectivity index (χ1) is 8.79. The predicted octanol–water partition coefficient (Wildman–Crippen LogP) is 1.13. The molecule has 0 amide bonds. The molecule has 1 fully saturated rings. The van der Waals surface area contributed by atoms with E-state index in [2.05, 4.69) is 10.3 Å². The molecule has 5 nitrogen and oxygen atoms in total. The van der Waals surface area contributed by atoms with Gasteiger partial charge in [-0.15, -0.1) is 0 Å². The number of methoxy groups -OCH3 is 1. The van der Waals surface area contributed by atoms with E-state index in [1.165, 1.54) is 4.40 Å². The number of aromatic nitrogens is 2. The molecule has 2 aromatic rings. The number of nitrogens with zero attached hydrogens (tertiary/aromatic N) is 2. The van der Waals surface area contributed by atoms with Gasteiger partial charge in [0.15, 0.2) is 11.4 Å². The maximum Gasteiger partial charge on any atom is 0.258 e. The Balaban J connectivity index is 2.21. The predicted molar refractivity (Wildman–Crippen MR) is 68.0 cm³/mol. The molecule has 0 bridgehead atoms. The smallest absolute Gasteiger partial charge is 0.258 e. The zero-order valence-electron chi connectivity index (χ0n) is 10.2. The molecule has 3 heterocycles. The van der Waals surface area contributed by atoms with Crippen LogP contribution >= 0.6 is 0 Å². The molecule has 0 aromatic carbocycles. The summed E-state index contributed by atoms with van der Waals surface area (Å²) < 4.78 is 6.77. The van der Waals surface area contributed by atoms with E-state index < -0.39 is 0 Å². The fourth-order valence-corrected chi connectivity index (χ4v) is 2.39. The average Bonchev–Trinajstić information content (AvgIpc) is 2.92. The number of rotatable bonds is 2. The van der Waals surface area contributed by atoms with Gasteiger partial charge in [0.25, 0.3) is 5.56 Å². The second-order valence-electron chi connectivity index (χ2n) is 4.44. The number of hydrogen-bond acceptors (Lipinski definition) is 4. The Labute approximate surface area is 104 Å². The van der Waals surface area contributed by atoms with Gasteiger partial charge in [0.2, 0.25) is 0 Å². The van der Waals surface area contributed by atoms with Crippen molar-refractivity contribution in [1.82, 2.24) is 14.7 Å². The quantitative estimate of drug-likeness (QED) is 0.861. The SMILES string of the molecule is COc1cccn2c(=O)cc(C3CCCN3)nc12. The lowest BCUT2D eigenvalue weighted by atomic mass is 10.1. The van der Waals surface area contributed by atoms with Crippen molar-refractivity contribution in [3.63, 3.8) is 0 Å². The summed E-state index contributed by atoms with van der Waals surface area (Å²) in [5.41, 5.74) is 1.32. The van der Waals surface area contributed by atoms with E-state index in [4.69, 9.17) is 4.74 Å². The van der Waals surface area contributed by atoms with Crippen molar-refractivity contribution in [1.29, 1.82) is 0 Å². The van der Waals surface area contributed by atoms with Gasteiger partial charge in [-0.3, -0.25) is 9.20 Å². The van der Waals surface area contributed by atoms with Gasteiger partial charge in [-0.25, -0.2) is 4.98 Å². The van der Waals surface area contributed by atoms with Crippen LogP contribution in [-0.4, -0.2) is 23.0 Å². The minimum absolute atomic E-state index is 0.0670. The van der Waals surface area contributed by atoms with Gasteiger partial charge in [0.1, 0.15) is 0 Å². The van der Waals surface area contributed by atoms with Crippen LogP contribution in [0.2, 0.25) is 0 Å². The zero-order valence-corrected chi connectivity index (χ0v) is 10.2. The summed E-state index contributed by atoms with van der Waals surface area (Å²) in [5, 5.41) is 3.35. The Bertz CT molecular complexity index is 630. The van der Waals surface area contributed by atoms with E-state index in [9.17, 15) is 4.79 Å². The highest BCUT2D eigenvalue weighted by Gasteiger charge is 2.19. The topological polar surface area (TPSA) is 55.6 Å². The minimum atomic E-state index is -0.0670. The van der Waals surface area contributed by atoms with Gasteiger partial charge in [0.05, 0.1) is 12.8 Å². The molecule has 2 aromatic heterocycles. The molecule has 1 saturated heterocycles. The monoisotopic (exact) mass is 245 g/mol. The maximum absolute atomic E-state index is 12.1. The highest BCUT2D eigenvalue weighted by atomic mass is 16.5. The second kappa shape index (κ2) is 4.42. The summed E-state index contributed by atoms with van der Waals surface area (Å²) in [5.74, 6) is 0.620. The Morgan fingerprint density at radius 1 is 1.56 bits per heavy atom. The summed E-state index contributed by atoms with van der Waals surface area (Å²) >= 11 is 0. The molecule has 0 radical (unpaired) electrons. The molecule has 1 aliphatic heterocycles. The third kappa shape index (κ3) is 1.76. The number of nitrogens with one attached hydrogen (secondary N) is 1. The molecule has 0 aliphatic carbocycles. The lowest BCUT2D eigenvalue weighted by Crippen LogP contribution is -2.21. The third-order valence-electron chi connectivity index (χ3n) is 3.31. The Morgan fingerprint density at radius 3 is 3.17 bits per heavy atom. The molecule has 1 N–H and O–H groups in total. The molecule has 5 heteroatoms. The van der Waals surface area contributed by atoms with Crippen molar-refractivity contribution < 1.29 is 4.74 Å². The van der Waals surface area contributed by atoms with Crippen molar-refractivity contribution >= 4 is 5.65 Å². The fourth-order valence-electron chi connectivity index (χ4n) is 2.39. The van der Waals surface area contributed by atoms with Gasteiger partial charge >= 0.3 is 0 Å². The molecule has 0 saturated carbocycles. The Kier molecular flexibility index (Phi) is 2.76. The van der Waals surface area contributed by atoms with Crippen LogP contribution in [0.3, 0.4) is 0 Å². The first-order valence-corrected chi connectivity index (χ1v) is 6.09. The summed E-state index contributed by atoms with van der Waals surface area (Å²) in [6, 6.07) is 5.39. The molecule has 1 aliphatic rings. The van der Waals surface area contributed by atoms with Crippen LogP contribution < -0.4 is 15.6 Å². The van der Waals surface area contributed by atoms with Gasteiger partial charge in [-0.1, -0.05) is 0 Å². The maximum atomic E-state index is 12.1.